The van der Waals surface area contributed by atoms with E-state index in [1.54, 1.807) is 6.07 Å². The quantitative estimate of drug-likeness (QED) is 0.764. The van der Waals surface area contributed by atoms with E-state index < -0.39 is 10.0 Å². The predicted octanol–water partition coefficient (Wildman–Crippen LogP) is 0.396. The summed E-state index contributed by atoms with van der Waals surface area (Å²) in [4.78, 5) is 12.1. The van der Waals surface area contributed by atoms with Crippen LogP contribution < -0.4 is 10.1 Å². The Morgan fingerprint density at radius 3 is 2.79 bits per heavy atom. The van der Waals surface area contributed by atoms with Crippen LogP contribution in [0.1, 0.15) is 5.56 Å². The van der Waals surface area contributed by atoms with Gasteiger partial charge in [0.15, 0.2) is 6.61 Å². The zero-order chi connectivity index (χ0) is 17.7. The van der Waals surface area contributed by atoms with Crippen LogP contribution in [-0.4, -0.2) is 64.3 Å². The molecule has 1 aromatic carbocycles. The van der Waals surface area contributed by atoms with Gasteiger partial charge < -0.3 is 14.8 Å². The Morgan fingerprint density at radius 2 is 2.12 bits per heavy atom. The molecule has 1 aliphatic heterocycles. The molecule has 0 radical (unpaired) electrons. The Hall–Kier alpha value is -1.64. The highest BCUT2D eigenvalue weighted by Crippen LogP contribution is 2.17. The van der Waals surface area contributed by atoms with Crippen LogP contribution in [0.15, 0.2) is 24.3 Å². The van der Waals surface area contributed by atoms with Crippen molar-refractivity contribution in [2.45, 2.75) is 13.0 Å². The fourth-order valence-corrected chi connectivity index (χ4v) is 3.61. The van der Waals surface area contributed by atoms with Gasteiger partial charge in [0, 0.05) is 20.0 Å². The number of nitrogens with one attached hydrogen (secondary N) is 1. The molecule has 24 heavy (non-hydrogen) atoms. The minimum absolute atomic E-state index is 0.0519. The Bertz CT molecular complexity index is 675. The molecular weight excluding hydrogens is 332 g/mol. The average Bonchev–Trinajstić information content (AvgIpc) is 2.91. The number of nitrogens with zero attached hydrogens (tertiary/aromatic N) is 1. The topological polar surface area (TPSA) is 84.9 Å². The lowest BCUT2D eigenvalue weighted by molar-refractivity contribution is -0.124. The van der Waals surface area contributed by atoms with E-state index in [0.717, 1.165) is 5.56 Å². The van der Waals surface area contributed by atoms with Crippen molar-refractivity contribution in [2.75, 3.05) is 39.7 Å². The molecule has 2 rings (SSSR count). The second-order valence-electron chi connectivity index (χ2n) is 6.14. The lowest BCUT2D eigenvalue weighted by Crippen LogP contribution is -2.45. The Labute approximate surface area is 143 Å². The number of ether oxygens (including phenoxy) is 2. The third-order valence-electron chi connectivity index (χ3n) is 3.89. The third kappa shape index (κ3) is 5.19. The molecule has 0 spiro atoms. The Balaban J connectivity index is 1.86. The van der Waals surface area contributed by atoms with Gasteiger partial charge in [-0.1, -0.05) is 12.1 Å². The Morgan fingerprint density at radius 1 is 1.38 bits per heavy atom. The average molecular weight is 356 g/mol. The molecule has 7 nitrogen and oxygen atoms in total. The highest BCUT2D eigenvalue weighted by atomic mass is 32.2. The summed E-state index contributed by atoms with van der Waals surface area (Å²) in [5, 5.41) is 2.80. The predicted molar refractivity (Wildman–Crippen MR) is 90.4 cm³/mol. The van der Waals surface area contributed by atoms with Gasteiger partial charge in [-0.05, 0) is 24.6 Å². The highest BCUT2D eigenvalue weighted by Gasteiger charge is 2.34. The molecular formula is C16H24N2O5S. The van der Waals surface area contributed by atoms with Gasteiger partial charge in [-0.25, -0.2) is 12.7 Å². The van der Waals surface area contributed by atoms with Gasteiger partial charge in [-0.2, -0.15) is 0 Å². The van der Waals surface area contributed by atoms with Gasteiger partial charge in [0.25, 0.3) is 5.91 Å². The van der Waals surface area contributed by atoms with Crippen LogP contribution in [0.2, 0.25) is 0 Å². The van der Waals surface area contributed by atoms with Crippen LogP contribution in [0, 0.1) is 12.8 Å². The number of hydrogen-bond acceptors (Lipinski definition) is 5. The molecule has 1 N–H and O–H groups in total. The van der Waals surface area contributed by atoms with E-state index in [1.165, 1.54) is 18.4 Å². The lowest BCUT2D eigenvalue weighted by atomic mass is 10.1. The number of hydrogen-bond donors (Lipinski definition) is 1. The molecule has 0 saturated carbocycles. The van der Waals surface area contributed by atoms with E-state index >= 15 is 0 Å². The summed E-state index contributed by atoms with van der Waals surface area (Å²) in [5.41, 5.74) is 1.05. The molecule has 1 aliphatic rings. The molecule has 1 aromatic rings. The van der Waals surface area contributed by atoms with Crippen LogP contribution in [0.25, 0.3) is 0 Å². The molecule has 134 valence electrons. The standard InChI is InChI=1S/C16H24N2O5S/c1-12-5-4-6-14(7-12)23-10-16(19)17-15-9-22-8-13(15)11-24(20,21)18(2)3/h4-7,13,15H,8-11H2,1-3H3,(H,17,19)/t13-,15+/m0/s1. The summed E-state index contributed by atoms with van der Waals surface area (Å²) in [5.74, 6) is 0.0167. The Kier molecular flexibility index (Phi) is 6.20. The molecule has 1 fully saturated rings. The van der Waals surface area contributed by atoms with Crippen molar-refractivity contribution in [3.8, 4) is 5.75 Å². The van der Waals surface area contributed by atoms with Gasteiger partial charge in [-0.15, -0.1) is 0 Å². The van der Waals surface area contributed by atoms with Crippen LogP contribution >= 0.6 is 0 Å². The van der Waals surface area contributed by atoms with E-state index in [4.69, 9.17) is 9.47 Å². The molecule has 2 atom stereocenters. The minimum atomic E-state index is -3.34. The fraction of sp³-hybridized carbons (Fsp3) is 0.562. The number of amides is 1. The van der Waals surface area contributed by atoms with Gasteiger partial charge in [0.1, 0.15) is 5.75 Å². The molecule has 1 amide bonds. The number of benzene rings is 1. The largest absolute Gasteiger partial charge is 0.484 e. The van der Waals surface area contributed by atoms with E-state index in [2.05, 4.69) is 5.32 Å². The molecule has 1 saturated heterocycles. The number of sulfonamides is 1. The smallest absolute Gasteiger partial charge is 0.258 e. The number of carbonyl (C=O) groups is 1. The van der Waals surface area contributed by atoms with Crippen molar-refractivity contribution in [1.29, 1.82) is 0 Å². The number of aryl methyl sites for hydroxylation is 1. The summed E-state index contributed by atoms with van der Waals surface area (Å²) in [6, 6.07) is 7.10. The fourth-order valence-electron chi connectivity index (χ4n) is 2.44. The van der Waals surface area contributed by atoms with Crippen molar-refractivity contribution >= 4 is 15.9 Å². The monoisotopic (exact) mass is 356 g/mol. The molecule has 0 unspecified atom stereocenters. The first kappa shape index (κ1) is 18.7. The highest BCUT2D eigenvalue weighted by molar-refractivity contribution is 7.89. The first-order valence-electron chi connectivity index (χ1n) is 7.74. The lowest BCUT2D eigenvalue weighted by Gasteiger charge is -2.21. The van der Waals surface area contributed by atoms with E-state index in [1.807, 2.05) is 25.1 Å². The maximum atomic E-state index is 12.1. The summed E-state index contributed by atoms with van der Waals surface area (Å²) < 4.78 is 36.0. The van der Waals surface area contributed by atoms with Gasteiger partial charge in [0.05, 0.1) is 25.0 Å². The zero-order valence-electron chi connectivity index (χ0n) is 14.2. The van der Waals surface area contributed by atoms with E-state index in [9.17, 15) is 13.2 Å². The van der Waals surface area contributed by atoms with E-state index in [0.29, 0.717) is 19.0 Å². The van der Waals surface area contributed by atoms with Crippen LogP contribution in [0.4, 0.5) is 0 Å². The second kappa shape index (κ2) is 7.96. The maximum absolute atomic E-state index is 12.1. The summed E-state index contributed by atoms with van der Waals surface area (Å²) in [7, 11) is -0.351. The minimum Gasteiger partial charge on any atom is -0.484 e. The number of carbonyl (C=O) groups excluding carboxylic acids is 1. The number of rotatable bonds is 7. The van der Waals surface area contributed by atoms with Crippen LogP contribution in [0.3, 0.4) is 0 Å². The third-order valence-corrected chi connectivity index (χ3v) is 5.85. The van der Waals surface area contributed by atoms with Gasteiger partial charge in [-0.3, -0.25) is 4.79 Å². The first-order chi connectivity index (χ1) is 11.3. The second-order valence-corrected chi connectivity index (χ2v) is 8.37. The summed E-state index contributed by atoms with van der Waals surface area (Å²) in [6.45, 7) is 2.45. The molecule has 0 bridgehead atoms. The van der Waals surface area contributed by atoms with Crippen LogP contribution in [-0.2, 0) is 19.6 Å². The van der Waals surface area contributed by atoms with E-state index in [-0.39, 0.29) is 30.2 Å². The summed E-state index contributed by atoms with van der Waals surface area (Å²) in [6.07, 6.45) is 0. The van der Waals surface area contributed by atoms with Crippen molar-refractivity contribution in [2.24, 2.45) is 5.92 Å². The zero-order valence-corrected chi connectivity index (χ0v) is 15.0. The molecule has 0 aromatic heterocycles. The normalized spacial score (nSPS) is 21.0. The molecule has 0 aliphatic carbocycles. The maximum Gasteiger partial charge on any atom is 0.258 e. The molecule has 1 heterocycles. The van der Waals surface area contributed by atoms with Crippen molar-refractivity contribution in [1.82, 2.24) is 9.62 Å². The SMILES string of the molecule is Cc1cccc(OCC(=O)N[C@@H]2COC[C@H]2CS(=O)(=O)N(C)C)c1. The van der Waals surface area contributed by atoms with Gasteiger partial charge >= 0.3 is 0 Å². The first-order valence-corrected chi connectivity index (χ1v) is 9.35. The van der Waals surface area contributed by atoms with Crippen LogP contribution in [0.5, 0.6) is 5.75 Å². The van der Waals surface area contributed by atoms with Crippen molar-refractivity contribution in [3.63, 3.8) is 0 Å². The molecule has 8 heteroatoms. The van der Waals surface area contributed by atoms with Gasteiger partial charge in [0.2, 0.25) is 10.0 Å². The summed E-state index contributed by atoms with van der Waals surface area (Å²) >= 11 is 0. The van der Waals surface area contributed by atoms with Crippen molar-refractivity contribution in [3.05, 3.63) is 29.8 Å². The van der Waals surface area contributed by atoms with Crippen molar-refractivity contribution < 1.29 is 22.7 Å².